The van der Waals surface area contributed by atoms with Gasteiger partial charge in [0.2, 0.25) is 17.6 Å². The number of hydrogen-bond acceptors (Lipinski definition) is 7. The normalized spacial score (nSPS) is 12.4. The predicted molar refractivity (Wildman–Crippen MR) is 68.7 cm³/mol. The van der Waals surface area contributed by atoms with Crippen molar-refractivity contribution in [3.63, 3.8) is 0 Å². The number of hydrogen-bond donors (Lipinski definition) is 1. The lowest BCUT2D eigenvalue weighted by Crippen LogP contribution is -2.27. The van der Waals surface area contributed by atoms with Crippen LogP contribution in [0.5, 0.6) is 5.88 Å². The average Bonchev–Trinajstić information content (AvgIpc) is 2.87. The van der Waals surface area contributed by atoms with Gasteiger partial charge in [-0.2, -0.15) is 4.98 Å². The first-order chi connectivity index (χ1) is 9.22. The Morgan fingerprint density at radius 3 is 3.00 bits per heavy atom. The molecule has 1 N–H and O–H groups in total. The Hall–Kier alpha value is -2.02. The quantitative estimate of drug-likeness (QED) is 0.834. The Morgan fingerprint density at radius 1 is 1.42 bits per heavy atom. The van der Waals surface area contributed by atoms with E-state index < -0.39 is 0 Å². The second-order valence-corrected chi connectivity index (χ2v) is 4.12. The van der Waals surface area contributed by atoms with Gasteiger partial charge in [-0.05, 0) is 13.5 Å². The Balaban J connectivity index is 2.11. The molecule has 102 valence electrons. The van der Waals surface area contributed by atoms with Gasteiger partial charge in [-0.3, -0.25) is 0 Å². The van der Waals surface area contributed by atoms with Crippen LogP contribution in [0.4, 0.5) is 0 Å². The van der Waals surface area contributed by atoms with Crippen molar-refractivity contribution in [3.05, 3.63) is 18.3 Å². The van der Waals surface area contributed by atoms with Crippen LogP contribution in [-0.2, 0) is 6.42 Å². The van der Waals surface area contributed by atoms with Crippen molar-refractivity contribution in [1.82, 2.24) is 25.4 Å². The minimum Gasteiger partial charge on any atom is -0.481 e. The standard InChI is InChI=1S/C12H17N5O2/c1-4-13-8(2)5-11-16-12(17-19-11)9-6-10(18-3)15-7-14-9/h6-8,13H,4-5H2,1-3H3. The average molecular weight is 263 g/mol. The molecule has 0 radical (unpaired) electrons. The van der Waals surface area contributed by atoms with Gasteiger partial charge in [-0.15, -0.1) is 0 Å². The summed E-state index contributed by atoms with van der Waals surface area (Å²) < 4.78 is 10.2. The zero-order chi connectivity index (χ0) is 13.7. The fraction of sp³-hybridized carbons (Fsp3) is 0.500. The van der Waals surface area contributed by atoms with E-state index in [4.69, 9.17) is 9.26 Å². The van der Waals surface area contributed by atoms with E-state index in [0.717, 1.165) is 6.54 Å². The molecule has 0 aromatic carbocycles. The Kier molecular flexibility index (Phi) is 4.40. The molecule has 7 heteroatoms. The molecule has 0 bridgehead atoms. The highest BCUT2D eigenvalue weighted by Gasteiger charge is 2.13. The molecule has 2 rings (SSSR count). The first kappa shape index (κ1) is 13.4. The van der Waals surface area contributed by atoms with Crippen LogP contribution < -0.4 is 10.1 Å². The minimum absolute atomic E-state index is 0.290. The maximum Gasteiger partial charge on any atom is 0.228 e. The Labute approximate surface area is 111 Å². The van der Waals surface area contributed by atoms with Crippen LogP contribution in [0.1, 0.15) is 19.7 Å². The number of methoxy groups -OCH3 is 1. The van der Waals surface area contributed by atoms with Crippen LogP contribution in [0.25, 0.3) is 11.5 Å². The summed E-state index contributed by atoms with van der Waals surface area (Å²) in [5, 5.41) is 7.20. The maximum atomic E-state index is 5.21. The molecular formula is C12H17N5O2. The van der Waals surface area contributed by atoms with Crippen LogP contribution in [0, 0.1) is 0 Å². The van der Waals surface area contributed by atoms with Crippen LogP contribution in [0.3, 0.4) is 0 Å². The van der Waals surface area contributed by atoms with Crippen molar-refractivity contribution in [2.75, 3.05) is 13.7 Å². The van der Waals surface area contributed by atoms with Crippen molar-refractivity contribution < 1.29 is 9.26 Å². The number of nitrogens with one attached hydrogen (secondary N) is 1. The van der Waals surface area contributed by atoms with E-state index in [1.807, 2.05) is 0 Å². The third kappa shape index (κ3) is 3.47. The largest absolute Gasteiger partial charge is 0.481 e. The predicted octanol–water partition coefficient (Wildman–Crippen LogP) is 1.08. The lowest BCUT2D eigenvalue weighted by molar-refractivity contribution is 0.363. The van der Waals surface area contributed by atoms with Crippen LogP contribution in [-0.4, -0.2) is 39.8 Å². The van der Waals surface area contributed by atoms with Crippen molar-refractivity contribution >= 4 is 0 Å². The summed E-state index contributed by atoms with van der Waals surface area (Å²) in [6.45, 7) is 5.04. The first-order valence-electron chi connectivity index (χ1n) is 6.15. The zero-order valence-electron chi connectivity index (χ0n) is 11.3. The summed E-state index contributed by atoms with van der Waals surface area (Å²) in [6.07, 6.45) is 2.09. The number of rotatable bonds is 6. The molecule has 1 unspecified atom stereocenters. The SMILES string of the molecule is CCNC(C)Cc1nc(-c2cc(OC)ncn2)no1. The van der Waals surface area contributed by atoms with Gasteiger partial charge in [0.1, 0.15) is 12.0 Å². The van der Waals surface area contributed by atoms with Crippen molar-refractivity contribution in [2.45, 2.75) is 26.3 Å². The molecule has 0 saturated heterocycles. The second kappa shape index (κ2) is 6.24. The number of likely N-dealkylation sites (N-methyl/N-ethyl adjacent to an activating group) is 1. The topological polar surface area (TPSA) is 86.0 Å². The molecule has 0 amide bonds. The summed E-state index contributed by atoms with van der Waals surface area (Å²) in [4.78, 5) is 12.3. The fourth-order valence-corrected chi connectivity index (χ4v) is 1.70. The van der Waals surface area contributed by atoms with Crippen molar-refractivity contribution in [2.24, 2.45) is 0 Å². The van der Waals surface area contributed by atoms with E-state index in [1.165, 1.54) is 6.33 Å². The highest BCUT2D eigenvalue weighted by molar-refractivity contribution is 5.49. The number of aromatic nitrogens is 4. The third-order valence-electron chi connectivity index (χ3n) is 2.58. The third-order valence-corrected chi connectivity index (χ3v) is 2.58. The van der Waals surface area contributed by atoms with Crippen molar-refractivity contribution in [3.8, 4) is 17.4 Å². The summed E-state index contributed by atoms with van der Waals surface area (Å²) in [5.41, 5.74) is 0.581. The number of nitrogens with zero attached hydrogens (tertiary/aromatic N) is 4. The van der Waals surface area contributed by atoms with E-state index in [0.29, 0.717) is 35.8 Å². The lowest BCUT2D eigenvalue weighted by atomic mass is 10.2. The first-order valence-corrected chi connectivity index (χ1v) is 6.15. The molecule has 0 aliphatic rings. The number of ether oxygens (including phenoxy) is 1. The van der Waals surface area contributed by atoms with E-state index in [2.05, 4.69) is 39.3 Å². The molecule has 2 heterocycles. The maximum absolute atomic E-state index is 5.21. The van der Waals surface area contributed by atoms with E-state index in [9.17, 15) is 0 Å². The van der Waals surface area contributed by atoms with Gasteiger partial charge in [0, 0.05) is 18.5 Å². The Bertz CT molecular complexity index is 528. The molecule has 2 aromatic heterocycles. The summed E-state index contributed by atoms with van der Waals surface area (Å²) in [7, 11) is 1.55. The molecule has 1 atom stereocenters. The molecule has 0 spiro atoms. The Morgan fingerprint density at radius 2 is 2.26 bits per heavy atom. The molecule has 0 aliphatic heterocycles. The highest BCUT2D eigenvalue weighted by Crippen LogP contribution is 2.16. The van der Waals surface area contributed by atoms with Gasteiger partial charge >= 0.3 is 0 Å². The van der Waals surface area contributed by atoms with E-state index >= 15 is 0 Å². The highest BCUT2D eigenvalue weighted by atomic mass is 16.5. The van der Waals surface area contributed by atoms with Crippen LogP contribution >= 0.6 is 0 Å². The second-order valence-electron chi connectivity index (χ2n) is 4.12. The molecule has 0 saturated carbocycles. The van der Waals surface area contributed by atoms with Gasteiger partial charge in [-0.25, -0.2) is 9.97 Å². The summed E-state index contributed by atoms with van der Waals surface area (Å²) in [6, 6.07) is 1.96. The fourth-order valence-electron chi connectivity index (χ4n) is 1.70. The van der Waals surface area contributed by atoms with E-state index in [-0.39, 0.29) is 0 Å². The zero-order valence-corrected chi connectivity index (χ0v) is 11.3. The molecule has 19 heavy (non-hydrogen) atoms. The van der Waals surface area contributed by atoms with Gasteiger partial charge in [0.15, 0.2) is 0 Å². The van der Waals surface area contributed by atoms with Crippen molar-refractivity contribution in [1.29, 1.82) is 0 Å². The lowest BCUT2D eigenvalue weighted by Gasteiger charge is -2.07. The van der Waals surface area contributed by atoms with Gasteiger partial charge < -0.3 is 14.6 Å². The minimum atomic E-state index is 0.290. The molecular weight excluding hydrogens is 246 g/mol. The molecule has 7 nitrogen and oxygen atoms in total. The summed E-state index contributed by atoms with van der Waals surface area (Å²) in [5.74, 6) is 1.50. The van der Waals surface area contributed by atoms with Gasteiger partial charge in [0.05, 0.1) is 7.11 Å². The van der Waals surface area contributed by atoms with Crippen LogP contribution in [0.2, 0.25) is 0 Å². The van der Waals surface area contributed by atoms with Crippen LogP contribution in [0.15, 0.2) is 16.9 Å². The van der Waals surface area contributed by atoms with Gasteiger partial charge in [0.25, 0.3) is 0 Å². The molecule has 0 aliphatic carbocycles. The molecule has 2 aromatic rings. The van der Waals surface area contributed by atoms with E-state index in [1.54, 1.807) is 13.2 Å². The van der Waals surface area contributed by atoms with Gasteiger partial charge in [-0.1, -0.05) is 12.1 Å². The monoisotopic (exact) mass is 263 g/mol. The molecule has 0 fully saturated rings. The smallest absolute Gasteiger partial charge is 0.228 e. The summed E-state index contributed by atoms with van der Waals surface area (Å²) >= 11 is 0.